The molecular weight excluding hydrogens is 356 g/mol. The van der Waals surface area contributed by atoms with Gasteiger partial charge in [0.1, 0.15) is 23.0 Å². The summed E-state index contributed by atoms with van der Waals surface area (Å²) < 4.78 is 11.9. The van der Waals surface area contributed by atoms with Crippen molar-refractivity contribution in [1.29, 1.82) is 0 Å². The zero-order chi connectivity index (χ0) is 19.9. The van der Waals surface area contributed by atoms with Crippen LogP contribution in [0.4, 0.5) is 11.4 Å². The van der Waals surface area contributed by atoms with Crippen LogP contribution in [-0.4, -0.2) is 12.2 Å². The molecule has 3 aromatic rings. The molecule has 0 fully saturated rings. The van der Waals surface area contributed by atoms with Gasteiger partial charge in [0.25, 0.3) is 0 Å². The summed E-state index contributed by atoms with van der Waals surface area (Å²) in [6.45, 7) is 3.63. The summed E-state index contributed by atoms with van der Waals surface area (Å²) in [4.78, 5) is 28.4. The van der Waals surface area contributed by atoms with Crippen molar-refractivity contribution < 1.29 is 19.1 Å². The first-order chi connectivity index (χ1) is 13.6. The monoisotopic (exact) mass is 372 g/mol. The van der Waals surface area contributed by atoms with E-state index in [0.717, 1.165) is 11.1 Å². The number of hydrogen-bond acceptors (Lipinski definition) is 6. The minimum Gasteiger partial charge on any atom is -0.457 e. The number of benzene rings is 3. The van der Waals surface area contributed by atoms with Gasteiger partial charge in [-0.2, -0.15) is 9.98 Å². The average molecular weight is 372 g/mol. The summed E-state index contributed by atoms with van der Waals surface area (Å²) in [7, 11) is 0. The molecule has 28 heavy (non-hydrogen) atoms. The van der Waals surface area contributed by atoms with Gasteiger partial charge in [0.05, 0.1) is 11.4 Å². The van der Waals surface area contributed by atoms with Crippen molar-refractivity contribution in [3.05, 3.63) is 71.8 Å². The molecule has 0 aliphatic heterocycles. The number of hydrogen-bond donors (Lipinski definition) is 0. The Hall–Kier alpha value is -3.98. The highest BCUT2D eigenvalue weighted by Gasteiger charge is 2.09. The van der Waals surface area contributed by atoms with Crippen molar-refractivity contribution in [1.82, 2.24) is 0 Å². The van der Waals surface area contributed by atoms with Gasteiger partial charge in [-0.15, -0.1) is 0 Å². The van der Waals surface area contributed by atoms with E-state index >= 15 is 0 Å². The van der Waals surface area contributed by atoms with E-state index in [-0.39, 0.29) is 0 Å². The van der Waals surface area contributed by atoms with E-state index in [9.17, 15) is 9.59 Å². The summed E-state index contributed by atoms with van der Waals surface area (Å²) in [5, 5.41) is 0. The van der Waals surface area contributed by atoms with Crippen molar-refractivity contribution in [2.75, 3.05) is 0 Å². The van der Waals surface area contributed by atoms with Crippen LogP contribution in [0.3, 0.4) is 0 Å². The van der Waals surface area contributed by atoms with Gasteiger partial charge in [-0.3, -0.25) is 0 Å². The SMILES string of the molecule is Cc1c(N=C=O)cccc1Oc1cccc(Oc2cccc(N=C=O)c2C)c1. The third-order valence-corrected chi connectivity index (χ3v) is 4.10. The molecule has 0 unspecified atom stereocenters. The highest BCUT2D eigenvalue weighted by atomic mass is 16.5. The van der Waals surface area contributed by atoms with Crippen LogP contribution in [0, 0.1) is 13.8 Å². The van der Waals surface area contributed by atoms with Gasteiger partial charge in [0, 0.05) is 17.2 Å². The first-order valence-corrected chi connectivity index (χ1v) is 8.43. The number of ether oxygens (including phenoxy) is 2. The number of nitrogens with zero attached hydrogens (tertiary/aromatic N) is 2. The van der Waals surface area contributed by atoms with Crippen LogP contribution in [0.1, 0.15) is 11.1 Å². The fourth-order valence-corrected chi connectivity index (χ4v) is 2.62. The molecule has 0 atom stereocenters. The third-order valence-electron chi connectivity index (χ3n) is 4.10. The fourth-order valence-electron chi connectivity index (χ4n) is 2.62. The second kappa shape index (κ2) is 8.60. The molecule has 3 aromatic carbocycles. The van der Waals surface area contributed by atoms with E-state index < -0.39 is 0 Å². The van der Waals surface area contributed by atoms with Gasteiger partial charge in [-0.05, 0) is 50.2 Å². The minimum absolute atomic E-state index is 0.503. The average Bonchev–Trinajstić information content (AvgIpc) is 2.69. The van der Waals surface area contributed by atoms with Crippen molar-refractivity contribution in [3.8, 4) is 23.0 Å². The molecule has 6 heteroatoms. The molecule has 138 valence electrons. The Morgan fingerprint density at radius 1 is 0.679 bits per heavy atom. The van der Waals surface area contributed by atoms with Crippen LogP contribution in [0.5, 0.6) is 23.0 Å². The second-order valence-electron chi connectivity index (χ2n) is 5.89. The Bertz CT molecular complexity index is 1030. The summed E-state index contributed by atoms with van der Waals surface area (Å²) in [6.07, 6.45) is 3.08. The van der Waals surface area contributed by atoms with E-state index in [4.69, 9.17) is 9.47 Å². The topological polar surface area (TPSA) is 77.3 Å². The Morgan fingerprint density at radius 3 is 1.54 bits per heavy atom. The third kappa shape index (κ3) is 4.22. The molecular formula is C22H16N2O4. The van der Waals surface area contributed by atoms with E-state index in [1.165, 1.54) is 12.2 Å². The Morgan fingerprint density at radius 2 is 1.11 bits per heavy atom. The van der Waals surface area contributed by atoms with Gasteiger partial charge in [-0.1, -0.05) is 18.2 Å². The van der Waals surface area contributed by atoms with Gasteiger partial charge < -0.3 is 9.47 Å². The molecule has 0 bridgehead atoms. The van der Waals surface area contributed by atoms with Gasteiger partial charge >= 0.3 is 0 Å². The number of rotatable bonds is 6. The molecule has 0 aliphatic carbocycles. The normalized spacial score (nSPS) is 9.79. The maximum absolute atomic E-state index is 10.5. The molecule has 0 amide bonds. The molecule has 0 heterocycles. The number of aliphatic imine (C=N–C) groups is 2. The van der Waals surface area contributed by atoms with Crippen LogP contribution in [-0.2, 0) is 9.59 Å². The van der Waals surface area contributed by atoms with Gasteiger partial charge in [0.2, 0.25) is 12.2 Å². The molecule has 0 saturated carbocycles. The van der Waals surface area contributed by atoms with Crippen molar-refractivity contribution in [2.24, 2.45) is 9.98 Å². The summed E-state index contributed by atoms with van der Waals surface area (Å²) in [5.74, 6) is 2.28. The molecule has 0 saturated heterocycles. The quantitative estimate of drug-likeness (QED) is 0.403. The summed E-state index contributed by atoms with van der Waals surface area (Å²) in [6, 6.07) is 17.6. The Balaban J connectivity index is 1.86. The lowest BCUT2D eigenvalue weighted by molar-refractivity contribution is 0.457. The predicted molar refractivity (Wildman–Crippen MR) is 105 cm³/mol. The fraction of sp³-hybridized carbons (Fsp3) is 0.0909. The second-order valence-corrected chi connectivity index (χ2v) is 5.89. The highest BCUT2D eigenvalue weighted by molar-refractivity contribution is 5.59. The maximum Gasteiger partial charge on any atom is 0.240 e. The van der Waals surface area contributed by atoms with Crippen molar-refractivity contribution >= 4 is 23.5 Å². The largest absolute Gasteiger partial charge is 0.457 e. The zero-order valence-electron chi connectivity index (χ0n) is 15.3. The lowest BCUT2D eigenvalue weighted by Gasteiger charge is -2.13. The Labute approximate surface area is 161 Å². The van der Waals surface area contributed by atoms with E-state index in [0.29, 0.717) is 34.4 Å². The smallest absolute Gasteiger partial charge is 0.240 e. The van der Waals surface area contributed by atoms with E-state index in [1.807, 2.05) is 13.8 Å². The number of carbonyl (C=O) groups excluding carboxylic acids is 2. The highest BCUT2D eigenvalue weighted by Crippen LogP contribution is 2.35. The zero-order valence-corrected chi connectivity index (χ0v) is 15.3. The number of isocyanates is 2. The first-order valence-electron chi connectivity index (χ1n) is 8.43. The summed E-state index contributed by atoms with van der Waals surface area (Å²) in [5.41, 5.74) is 2.46. The van der Waals surface area contributed by atoms with Gasteiger partial charge in [0.15, 0.2) is 0 Å². The molecule has 0 radical (unpaired) electrons. The molecule has 3 rings (SSSR count). The molecule has 6 nitrogen and oxygen atoms in total. The van der Waals surface area contributed by atoms with Crippen LogP contribution in [0.2, 0.25) is 0 Å². The van der Waals surface area contributed by atoms with Gasteiger partial charge in [-0.25, -0.2) is 9.59 Å². The minimum atomic E-state index is 0.503. The van der Waals surface area contributed by atoms with Crippen LogP contribution >= 0.6 is 0 Å². The van der Waals surface area contributed by atoms with E-state index in [1.54, 1.807) is 60.7 Å². The van der Waals surface area contributed by atoms with E-state index in [2.05, 4.69) is 9.98 Å². The Kier molecular flexibility index (Phi) is 5.78. The predicted octanol–water partition coefficient (Wildman–Crippen LogP) is 5.82. The first kappa shape index (κ1) is 18.8. The summed E-state index contributed by atoms with van der Waals surface area (Å²) >= 11 is 0. The van der Waals surface area contributed by atoms with Crippen LogP contribution in [0.25, 0.3) is 0 Å². The molecule has 0 aliphatic rings. The lowest BCUT2D eigenvalue weighted by Crippen LogP contribution is -1.91. The van der Waals surface area contributed by atoms with Crippen molar-refractivity contribution in [2.45, 2.75) is 13.8 Å². The maximum atomic E-state index is 10.5. The van der Waals surface area contributed by atoms with Crippen molar-refractivity contribution in [3.63, 3.8) is 0 Å². The van der Waals surface area contributed by atoms with Crippen LogP contribution in [0.15, 0.2) is 70.6 Å². The molecule has 0 spiro atoms. The lowest BCUT2D eigenvalue weighted by atomic mass is 10.2. The molecule has 0 aromatic heterocycles. The molecule has 0 N–H and O–H groups in total. The standard InChI is InChI=1S/C22H16N2O4/c1-15-19(23-13-25)8-4-10-21(15)27-17-6-3-7-18(12-17)28-22-11-5-9-20(16(22)2)24-14-26/h3-12H,1-2H3. The van der Waals surface area contributed by atoms with Crippen LogP contribution < -0.4 is 9.47 Å².